The summed E-state index contributed by atoms with van der Waals surface area (Å²) in [6.07, 6.45) is 0.397. The molecule has 1 amide bonds. The summed E-state index contributed by atoms with van der Waals surface area (Å²) >= 11 is 3.36. The van der Waals surface area contributed by atoms with Gasteiger partial charge in [0.2, 0.25) is 0 Å². The maximum Gasteiger partial charge on any atom is 0.339 e. The molecule has 2 N–H and O–H groups in total. The van der Waals surface area contributed by atoms with Gasteiger partial charge in [0.15, 0.2) is 5.76 Å². The van der Waals surface area contributed by atoms with E-state index < -0.39 is 11.9 Å². The first-order valence-electron chi connectivity index (χ1n) is 6.92. The van der Waals surface area contributed by atoms with Gasteiger partial charge in [0, 0.05) is 29.1 Å². The van der Waals surface area contributed by atoms with Crippen LogP contribution >= 0.6 is 15.9 Å². The molecule has 1 heterocycles. The van der Waals surface area contributed by atoms with Gasteiger partial charge in [0.1, 0.15) is 17.1 Å². The molecule has 1 aromatic heterocycles. The molecule has 0 fully saturated rings. The summed E-state index contributed by atoms with van der Waals surface area (Å²) in [5.41, 5.74) is 0.800. The van der Waals surface area contributed by atoms with Crippen LogP contribution in [0.4, 0.5) is 0 Å². The topological polar surface area (TPSA) is 88.8 Å². The third-order valence-electron chi connectivity index (χ3n) is 3.27. The first-order chi connectivity index (χ1) is 11.0. The van der Waals surface area contributed by atoms with E-state index in [0.717, 1.165) is 10.0 Å². The van der Waals surface area contributed by atoms with Crippen molar-refractivity contribution in [2.75, 3.05) is 7.11 Å². The number of aryl methyl sites for hydroxylation is 1. The van der Waals surface area contributed by atoms with Crippen molar-refractivity contribution in [1.82, 2.24) is 5.32 Å². The van der Waals surface area contributed by atoms with Crippen LogP contribution < -0.4 is 10.1 Å². The van der Waals surface area contributed by atoms with Crippen LogP contribution in [0.5, 0.6) is 5.75 Å². The van der Waals surface area contributed by atoms with Gasteiger partial charge in [-0.3, -0.25) is 4.79 Å². The van der Waals surface area contributed by atoms with E-state index in [1.54, 1.807) is 20.1 Å². The van der Waals surface area contributed by atoms with Crippen LogP contribution in [0.2, 0.25) is 0 Å². The van der Waals surface area contributed by atoms with Crippen molar-refractivity contribution >= 4 is 27.8 Å². The number of aromatic carboxylic acids is 1. The van der Waals surface area contributed by atoms with Crippen LogP contribution in [0.1, 0.15) is 39.2 Å². The van der Waals surface area contributed by atoms with Crippen molar-refractivity contribution in [1.29, 1.82) is 0 Å². The lowest BCUT2D eigenvalue weighted by atomic mass is 10.2. The third kappa shape index (κ3) is 3.92. The number of carbonyl (C=O) groups excluding carboxylic acids is 1. The molecule has 0 radical (unpaired) electrons. The Morgan fingerprint density at radius 2 is 2.09 bits per heavy atom. The molecule has 0 aliphatic heterocycles. The predicted molar refractivity (Wildman–Crippen MR) is 86.9 cm³/mol. The Labute approximate surface area is 141 Å². The predicted octanol–water partition coefficient (Wildman–Crippen LogP) is 3.24. The number of carboxylic acid groups (broad SMARTS) is 1. The number of carboxylic acids is 1. The summed E-state index contributed by atoms with van der Waals surface area (Å²) in [7, 11) is 1.55. The minimum absolute atomic E-state index is 0.0117. The van der Waals surface area contributed by atoms with Crippen LogP contribution in [0, 0.1) is 0 Å². The Morgan fingerprint density at radius 3 is 2.65 bits per heavy atom. The highest BCUT2D eigenvalue weighted by molar-refractivity contribution is 9.10. The number of halogens is 1. The summed E-state index contributed by atoms with van der Waals surface area (Å²) in [6.45, 7) is 1.99. The van der Waals surface area contributed by atoms with Gasteiger partial charge in [0.05, 0.1) is 7.11 Å². The molecule has 2 aromatic rings. The number of ether oxygens (including phenoxy) is 1. The van der Waals surface area contributed by atoms with E-state index in [4.69, 9.17) is 14.3 Å². The van der Waals surface area contributed by atoms with E-state index >= 15 is 0 Å². The van der Waals surface area contributed by atoms with Gasteiger partial charge in [-0.2, -0.15) is 0 Å². The van der Waals surface area contributed by atoms with Crippen LogP contribution in [-0.4, -0.2) is 24.1 Å². The third-order valence-corrected chi connectivity index (χ3v) is 3.76. The van der Waals surface area contributed by atoms with Crippen LogP contribution in [0.3, 0.4) is 0 Å². The monoisotopic (exact) mass is 381 g/mol. The van der Waals surface area contributed by atoms with Gasteiger partial charge < -0.3 is 19.6 Å². The molecule has 2 rings (SSSR count). The Bertz CT molecular complexity index is 738. The lowest BCUT2D eigenvalue weighted by molar-refractivity contribution is 0.0694. The second-order valence-corrected chi connectivity index (χ2v) is 5.66. The number of hydrogen-bond donors (Lipinski definition) is 2. The zero-order valence-electron chi connectivity index (χ0n) is 12.7. The summed E-state index contributed by atoms with van der Waals surface area (Å²) in [5, 5.41) is 11.8. The quantitative estimate of drug-likeness (QED) is 0.801. The molecule has 0 aliphatic rings. The number of rotatable bonds is 6. The Morgan fingerprint density at radius 1 is 1.35 bits per heavy atom. The van der Waals surface area contributed by atoms with Crippen molar-refractivity contribution in [3.05, 3.63) is 51.4 Å². The highest BCUT2D eigenvalue weighted by Crippen LogP contribution is 2.23. The number of hydrogen-bond acceptors (Lipinski definition) is 4. The fourth-order valence-electron chi connectivity index (χ4n) is 2.13. The molecule has 0 atom stereocenters. The second-order valence-electron chi connectivity index (χ2n) is 4.75. The number of carbonyl (C=O) groups is 2. The molecule has 0 saturated heterocycles. The molecule has 6 nitrogen and oxygen atoms in total. The zero-order chi connectivity index (χ0) is 17.0. The molecular weight excluding hydrogens is 366 g/mol. The number of benzene rings is 1. The molecule has 0 unspecified atom stereocenters. The van der Waals surface area contributed by atoms with Gasteiger partial charge in [0.25, 0.3) is 5.91 Å². The van der Waals surface area contributed by atoms with Crippen molar-refractivity contribution in [2.24, 2.45) is 0 Å². The van der Waals surface area contributed by atoms with Crippen molar-refractivity contribution in [2.45, 2.75) is 19.9 Å². The number of amides is 1. The van der Waals surface area contributed by atoms with E-state index in [0.29, 0.717) is 12.2 Å². The van der Waals surface area contributed by atoms with E-state index in [2.05, 4.69) is 21.2 Å². The zero-order valence-corrected chi connectivity index (χ0v) is 14.3. The molecular formula is C16H16BrNO5. The van der Waals surface area contributed by atoms with E-state index in [9.17, 15) is 9.59 Å². The normalized spacial score (nSPS) is 10.4. The van der Waals surface area contributed by atoms with Crippen molar-refractivity contribution in [3.8, 4) is 5.75 Å². The second kappa shape index (κ2) is 7.32. The summed E-state index contributed by atoms with van der Waals surface area (Å²) in [5.74, 6) is -0.683. The Hall–Kier alpha value is -2.28. The fourth-order valence-corrected chi connectivity index (χ4v) is 2.54. The molecule has 23 heavy (non-hydrogen) atoms. The first kappa shape index (κ1) is 17.1. The van der Waals surface area contributed by atoms with E-state index in [-0.39, 0.29) is 23.6 Å². The van der Waals surface area contributed by atoms with Gasteiger partial charge in [-0.15, -0.1) is 0 Å². The maximum atomic E-state index is 12.2. The smallest absolute Gasteiger partial charge is 0.339 e. The van der Waals surface area contributed by atoms with E-state index in [1.807, 2.05) is 12.1 Å². The maximum absolute atomic E-state index is 12.2. The summed E-state index contributed by atoms with van der Waals surface area (Å²) < 4.78 is 11.4. The molecule has 0 saturated carbocycles. The molecule has 0 bridgehead atoms. The van der Waals surface area contributed by atoms with Gasteiger partial charge in [-0.05, 0) is 18.2 Å². The first-order valence-corrected chi connectivity index (χ1v) is 7.72. The molecule has 0 spiro atoms. The van der Waals surface area contributed by atoms with Gasteiger partial charge in [-0.1, -0.05) is 22.9 Å². The highest BCUT2D eigenvalue weighted by Gasteiger charge is 2.20. The average molecular weight is 382 g/mol. The average Bonchev–Trinajstić information content (AvgIpc) is 2.97. The number of nitrogens with one attached hydrogen (secondary N) is 1. The molecule has 7 heteroatoms. The standard InChI is InChI=1S/C16H16BrNO5/c1-3-12-11(16(20)21)7-14(23-12)15(19)18-8-9-6-10(17)4-5-13(9)22-2/h4-7H,3,8H2,1-2H3,(H,18,19)(H,20,21). The molecule has 0 aliphatic carbocycles. The van der Waals surface area contributed by atoms with Crippen LogP contribution in [0.15, 0.2) is 33.2 Å². The SMILES string of the molecule is CCc1oc(C(=O)NCc2cc(Br)ccc2OC)cc1C(=O)O. The Kier molecular flexibility index (Phi) is 5.44. The summed E-state index contributed by atoms with van der Waals surface area (Å²) in [4.78, 5) is 23.3. The minimum atomic E-state index is -1.11. The molecule has 122 valence electrons. The van der Waals surface area contributed by atoms with Crippen molar-refractivity contribution in [3.63, 3.8) is 0 Å². The van der Waals surface area contributed by atoms with Crippen molar-refractivity contribution < 1.29 is 23.8 Å². The lowest BCUT2D eigenvalue weighted by Gasteiger charge is -2.09. The number of methoxy groups -OCH3 is 1. The highest BCUT2D eigenvalue weighted by atomic mass is 79.9. The fraction of sp³-hybridized carbons (Fsp3) is 0.250. The minimum Gasteiger partial charge on any atom is -0.496 e. The largest absolute Gasteiger partial charge is 0.496 e. The molecule has 1 aromatic carbocycles. The van der Waals surface area contributed by atoms with E-state index in [1.165, 1.54) is 6.07 Å². The van der Waals surface area contributed by atoms with Crippen LogP contribution in [-0.2, 0) is 13.0 Å². The van der Waals surface area contributed by atoms with Gasteiger partial charge in [-0.25, -0.2) is 4.79 Å². The lowest BCUT2D eigenvalue weighted by Crippen LogP contribution is -2.22. The summed E-state index contributed by atoms with van der Waals surface area (Å²) in [6, 6.07) is 6.70. The number of furan rings is 1. The van der Waals surface area contributed by atoms with Gasteiger partial charge >= 0.3 is 5.97 Å². The Balaban J connectivity index is 2.14. The van der Waals surface area contributed by atoms with Crippen LogP contribution in [0.25, 0.3) is 0 Å².